The summed E-state index contributed by atoms with van der Waals surface area (Å²) in [4.78, 5) is 15.9. The number of benzene rings is 2. The average Bonchev–Trinajstić information content (AvgIpc) is 2.73. The fourth-order valence-corrected chi connectivity index (χ4v) is 4.51. The number of carboxylic acids is 1. The van der Waals surface area contributed by atoms with Crippen LogP contribution in [-0.2, 0) is 26.1 Å². The van der Waals surface area contributed by atoms with E-state index in [0.717, 1.165) is 12.1 Å². The number of aliphatic carboxylic acids is 1. The lowest BCUT2D eigenvalue weighted by Crippen LogP contribution is -2.42. The lowest BCUT2D eigenvalue weighted by atomic mass is 10.1. The SMILES string of the molecule is NC(N)=NOCCCOc1ccc(CC(NS(=O)(=O)c2cc(Cl)cc(Cl)c2O)C(=O)O)cc1. The van der Waals surface area contributed by atoms with Crippen molar-refractivity contribution in [1.82, 2.24) is 4.72 Å². The zero-order valence-corrected chi connectivity index (χ0v) is 19.4. The third-order valence-electron chi connectivity index (χ3n) is 4.06. The number of halogens is 2. The molecular formula is C19H22Cl2N4O7S. The van der Waals surface area contributed by atoms with Crippen LogP contribution in [-0.4, -0.2) is 49.8 Å². The quantitative estimate of drug-likeness (QED) is 0.120. The summed E-state index contributed by atoms with van der Waals surface area (Å²) >= 11 is 11.6. The second-order valence-corrected chi connectivity index (χ2v) is 9.17. The molecule has 0 heterocycles. The van der Waals surface area contributed by atoms with Crippen molar-refractivity contribution in [1.29, 1.82) is 0 Å². The van der Waals surface area contributed by atoms with Crippen LogP contribution in [0.4, 0.5) is 0 Å². The first kappa shape index (κ1) is 26.3. The Kier molecular flexibility index (Phi) is 9.41. The Labute approximate surface area is 199 Å². The number of phenolic OH excluding ortho intramolecular Hbond substituents is 1. The van der Waals surface area contributed by atoms with Gasteiger partial charge in [-0.1, -0.05) is 35.3 Å². The first-order valence-corrected chi connectivity index (χ1v) is 11.6. The number of hydrogen-bond donors (Lipinski definition) is 5. The molecule has 0 aliphatic heterocycles. The fourth-order valence-electron chi connectivity index (χ4n) is 2.57. The van der Waals surface area contributed by atoms with Gasteiger partial charge in [0.1, 0.15) is 23.3 Å². The van der Waals surface area contributed by atoms with Gasteiger partial charge in [0.2, 0.25) is 16.0 Å². The molecule has 33 heavy (non-hydrogen) atoms. The average molecular weight is 521 g/mol. The van der Waals surface area contributed by atoms with Crippen LogP contribution in [0.2, 0.25) is 10.0 Å². The number of hydrogen-bond acceptors (Lipinski definition) is 7. The lowest BCUT2D eigenvalue weighted by molar-refractivity contribution is -0.138. The number of carboxylic acid groups (broad SMARTS) is 1. The highest BCUT2D eigenvalue weighted by Crippen LogP contribution is 2.34. The summed E-state index contributed by atoms with van der Waals surface area (Å²) in [7, 11) is -4.44. The Balaban J connectivity index is 2.01. The third kappa shape index (κ3) is 8.17. The van der Waals surface area contributed by atoms with Crippen molar-refractivity contribution >= 4 is 45.2 Å². The van der Waals surface area contributed by atoms with Gasteiger partial charge in [0.15, 0.2) is 5.75 Å². The molecule has 180 valence electrons. The van der Waals surface area contributed by atoms with Gasteiger partial charge < -0.3 is 31.3 Å². The zero-order chi connectivity index (χ0) is 24.6. The molecule has 0 amide bonds. The molecular weight excluding hydrogens is 499 g/mol. The van der Waals surface area contributed by atoms with E-state index in [1.165, 1.54) is 0 Å². The number of sulfonamides is 1. The van der Waals surface area contributed by atoms with Gasteiger partial charge in [-0.3, -0.25) is 4.79 Å². The van der Waals surface area contributed by atoms with E-state index in [1.54, 1.807) is 24.3 Å². The van der Waals surface area contributed by atoms with Crippen LogP contribution in [0.1, 0.15) is 12.0 Å². The standard InChI is InChI=1S/C19H22Cl2N4O7S/c20-12-9-14(21)17(26)16(10-12)33(29,30)25-15(18(27)28)8-11-2-4-13(5-3-11)31-6-1-7-32-24-19(22)23/h2-5,9-10,15,25-26H,1,6-8H2,(H,27,28)(H4,22,23,24). The van der Waals surface area contributed by atoms with Gasteiger partial charge in [0.25, 0.3) is 0 Å². The number of carbonyl (C=O) groups is 1. The minimum atomic E-state index is -4.44. The molecule has 0 saturated heterocycles. The van der Waals surface area contributed by atoms with E-state index < -0.39 is 32.7 Å². The summed E-state index contributed by atoms with van der Waals surface area (Å²) in [5.74, 6) is -1.80. The van der Waals surface area contributed by atoms with Gasteiger partial charge in [0.05, 0.1) is 11.6 Å². The van der Waals surface area contributed by atoms with Crippen LogP contribution in [0.25, 0.3) is 0 Å². The Morgan fingerprint density at radius 1 is 1.15 bits per heavy atom. The summed E-state index contributed by atoms with van der Waals surface area (Å²) in [5, 5.41) is 22.5. The molecule has 0 radical (unpaired) electrons. The van der Waals surface area contributed by atoms with Crippen molar-refractivity contribution in [2.45, 2.75) is 23.8 Å². The van der Waals surface area contributed by atoms with Gasteiger partial charge in [-0.15, -0.1) is 0 Å². The first-order chi connectivity index (χ1) is 15.5. The Morgan fingerprint density at radius 2 is 1.82 bits per heavy atom. The Hall–Kier alpha value is -2.93. The van der Waals surface area contributed by atoms with E-state index in [1.807, 2.05) is 0 Å². The fraction of sp³-hybridized carbons (Fsp3) is 0.263. The number of nitrogens with one attached hydrogen (secondary N) is 1. The molecule has 2 aromatic carbocycles. The lowest BCUT2D eigenvalue weighted by Gasteiger charge is -2.16. The molecule has 2 rings (SSSR count). The molecule has 11 nitrogen and oxygen atoms in total. The minimum Gasteiger partial charge on any atom is -0.505 e. The summed E-state index contributed by atoms with van der Waals surface area (Å²) in [5.41, 5.74) is 10.8. The normalized spacial score (nSPS) is 12.1. The Morgan fingerprint density at radius 3 is 2.42 bits per heavy atom. The van der Waals surface area contributed by atoms with Gasteiger partial charge in [0, 0.05) is 11.4 Å². The molecule has 0 fully saturated rings. The molecule has 0 aromatic heterocycles. The highest BCUT2D eigenvalue weighted by molar-refractivity contribution is 7.89. The maximum absolute atomic E-state index is 12.6. The number of phenols is 1. The van der Waals surface area contributed by atoms with E-state index in [0.29, 0.717) is 24.3 Å². The molecule has 0 saturated carbocycles. The van der Waals surface area contributed by atoms with Crippen LogP contribution in [0, 0.1) is 0 Å². The van der Waals surface area contributed by atoms with Crippen molar-refractivity contribution in [3.05, 3.63) is 52.0 Å². The van der Waals surface area contributed by atoms with Gasteiger partial charge in [-0.2, -0.15) is 4.72 Å². The number of nitrogens with two attached hydrogens (primary N) is 2. The summed E-state index contributed by atoms with van der Waals surface area (Å²) in [6.45, 7) is 0.576. The number of oxime groups is 1. The number of aromatic hydroxyl groups is 1. The largest absolute Gasteiger partial charge is 0.505 e. The highest BCUT2D eigenvalue weighted by Gasteiger charge is 2.29. The second-order valence-electron chi connectivity index (χ2n) is 6.65. The van der Waals surface area contributed by atoms with Crippen molar-refractivity contribution < 1.29 is 33.0 Å². The number of ether oxygens (including phenoxy) is 1. The van der Waals surface area contributed by atoms with E-state index in [-0.39, 0.29) is 29.0 Å². The van der Waals surface area contributed by atoms with E-state index in [2.05, 4.69) is 9.88 Å². The van der Waals surface area contributed by atoms with Crippen LogP contribution >= 0.6 is 23.2 Å². The van der Waals surface area contributed by atoms with E-state index >= 15 is 0 Å². The monoisotopic (exact) mass is 520 g/mol. The molecule has 0 aliphatic carbocycles. The van der Waals surface area contributed by atoms with Gasteiger partial charge in [-0.25, -0.2) is 8.42 Å². The van der Waals surface area contributed by atoms with Gasteiger partial charge >= 0.3 is 5.97 Å². The van der Waals surface area contributed by atoms with Gasteiger partial charge in [-0.05, 0) is 41.4 Å². The molecule has 0 bridgehead atoms. The second kappa shape index (κ2) is 11.8. The Bertz CT molecular complexity index is 1110. The molecule has 1 atom stereocenters. The molecule has 1 unspecified atom stereocenters. The molecule has 14 heteroatoms. The van der Waals surface area contributed by atoms with Crippen molar-refractivity contribution in [2.24, 2.45) is 16.6 Å². The highest BCUT2D eigenvalue weighted by atomic mass is 35.5. The minimum absolute atomic E-state index is 0.0385. The first-order valence-electron chi connectivity index (χ1n) is 9.35. The van der Waals surface area contributed by atoms with Crippen LogP contribution < -0.4 is 20.9 Å². The molecule has 2 aromatic rings. The maximum Gasteiger partial charge on any atom is 0.322 e. The molecule has 0 aliphatic rings. The third-order valence-corrected chi connectivity index (χ3v) is 6.05. The van der Waals surface area contributed by atoms with Crippen LogP contribution in [0.5, 0.6) is 11.5 Å². The van der Waals surface area contributed by atoms with Crippen LogP contribution in [0.3, 0.4) is 0 Å². The van der Waals surface area contributed by atoms with Crippen molar-refractivity contribution in [3.8, 4) is 11.5 Å². The summed E-state index contributed by atoms with van der Waals surface area (Å²) in [6, 6.07) is 7.04. The maximum atomic E-state index is 12.6. The van der Waals surface area contributed by atoms with Crippen molar-refractivity contribution in [2.75, 3.05) is 13.2 Å². The molecule has 7 N–H and O–H groups in total. The number of rotatable bonds is 12. The predicted octanol–water partition coefficient (Wildman–Crippen LogP) is 1.65. The topological polar surface area (TPSA) is 187 Å². The predicted molar refractivity (Wildman–Crippen MR) is 122 cm³/mol. The summed E-state index contributed by atoms with van der Waals surface area (Å²) in [6.07, 6.45) is 0.345. The summed E-state index contributed by atoms with van der Waals surface area (Å²) < 4.78 is 32.9. The number of guanidine groups is 1. The van der Waals surface area contributed by atoms with Crippen LogP contribution in [0.15, 0.2) is 46.4 Å². The van der Waals surface area contributed by atoms with E-state index in [9.17, 15) is 23.4 Å². The van der Waals surface area contributed by atoms with Crippen molar-refractivity contribution in [3.63, 3.8) is 0 Å². The zero-order valence-electron chi connectivity index (χ0n) is 17.1. The number of nitrogens with zero attached hydrogens (tertiary/aromatic N) is 1. The van der Waals surface area contributed by atoms with E-state index in [4.69, 9.17) is 44.2 Å². The smallest absolute Gasteiger partial charge is 0.322 e. The molecule has 0 spiro atoms.